The predicted octanol–water partition coefficient (Wildman–Crippen LogP) is 4.33. The summed E-state index contributed by atoms with van der Waals surface area (Å²) in [5, 5.41) is 6.58. The van der Waals surface area contributed by atoms with Crippen molar-refractivity contribution in [1.82, 2.24) is 14.8 Å². The highest BCUT2D eigenvalue weighted by atomic mass is 35.5. The number of anilines is 2. The summed E-state index contributed by atoms with van der Waals surface area (Å²) in [5.74, 6) is 0.465. The maximum absolute atomic E-state index is 13.3. The molecule has 2 N–H and O–H groups in total. The average molecular weight is 502 g/mol. The van der Waals surface area contributed by atoms with Crippen molar-refractivity contribution in [1.29, 1.82) is 0 Å². The van der Waals surface area contributed by atoms with E-state index in [9.17, 15) is 9.59 Å². The van der Waals surface area contributed by atoms with E-state index in [0.717, 1.165) is 36.3 Å². The molecule has 2 aromatic rings. The number of benzene rings is 1. The summed E-state index contributed by atoms with van der Waals surface area (Å²) in [6.45, 7) is 7.01. The molecule has 7 nitrogen and oxygen atoms in total. The van der Waals surface area contributed by atoms with Gasteiger partial charge in [-0.25, -0.2) is 0 Å². The molecule has 3 rings (SSSR count). The lowest BCUT2D eigenvalue weighted by Gasteiger charge is -2.40. The first-order valence-electron chi connectivity index (χ1n) is 12.5. The largest absolute Gasteiger partial charge is 0.374 e. The molecule has 1 amide bonds. The Labute approximate surface area is 214 Å². The van der Waals surface area contributed by atoms with Gasteiger partial charge in [-0.2, -0.15) is 0 Å². The van der Waals surface area contributed by atoms with Crippen LogP contribution in [0.2, 0.25) is 5.02 Å². The third-order valence-corrected chi connectivity index (χ3v) is 7.75. The zero-order chi connectivity index (χ0) is 25.9. The SMILES string of the molecule is CCN(c1cc(Cl)cc(C(=O)NCc2c(NC)n(C)c(C)cc2=O)c1C)C1CCC(N(C)C)CC1. The van der Waals surface area contributed by atoms with Crippen molar-refractivity contribution in [3.05, 3.63) is 55.8 Å². The van der Waals surface area contributed by atoms with Gasteiger partial charge in [-0.05, 0) is 78.2 Å². The van der Waals surface area contributed by atoms with Gasteiger partial charge in [0.15, 0.2) is 5.43 Å². The third kappa shape index (κ3) is 5.84. The van der Waals surface area contributed by atoms with Crippen molar-refractivity contribution < 1.29 is 4.79 Å². The summed E-state index contributed by atoms with van der Waals surface area (Å²) >= 11 is 6.52. The number of nitrogens with zero attached hydrogens (tertiary/aromatic N) is 3. The highest BCUT2D eigenvalue weighted by Crippen LogP contribution is 2.34. The molecule has 0 unspecified atom stereocenters. The van der Waals surface area contributed by atoms with Crippen molar-refractivity contribution in [3.63, 3.8) is 0 Å². The van der Waals surface area contributed by atoms with Gasteiger partial charge in [-0.3, -0.25) is 9.59 Å². The third-order valence-electron chi connectivity index (χ3n) is 7.53. The smallest absolute Gasteiger partial charge is 0.251 e. The molecule has 0 spiro atoms. The number of hydrogen-bond donors (Lipinski definition) is 2. The molecule has 8 heteroatoms. The van der Waals surface area contributed by atoms with Gasteiger partial charge in [0.25, 0.3) is 5.91 Å². The van der Waals surface area contributed by atoms with E-state index in [1.807, 2.05) is 31.5 Å². The standard InChI is InChI=1S/C27H40ClN5O2/c1-8-33(21-11-9-20(10-12-21)31(5)6)24-15-19(28)14-22(18(24)3)27(35)30-16-23-25(34)13-17(2)32(7)26(23)29-4/h13-15,20-21,29H,8-12,16H2,1-7H3,(H,30,35). The van der Waals surface area contributed by atoms with Crippen LogP contribution < -0.4 is 21.0 Å². The quantitative estimate of drug-likeness (QED) is 0.563. The van der Waals surface area contributed by atoms with Gasteiger partial charge in [0, 0.05) is 60.8 Å². The van der Waals surface area contributed by atoms with Gasteiger partial charge < -0.3 is 25.0 Å². The Kier molecular flexibility index (Phi) is 8.89. The molecule has 0 aliphatic heterocycles. The Morgan fingerprint density at radius 2 is 1.74 bits per heavy atom. The van der Waals surface area contributed by atoms with Gasteiger partial charge in [0.2, 0.25) is 0 Å². The number of carbonyl (C=O) groups excluding carboxylic acids is 1. The topological polar surface area (TPSA) is 69.6 Å². The normalized spacial score (nSPS) is 18.0. The van der Waals surface area contributed by atoms with Crippen LogP contribution in [-0.2, 0) is 13.6 Å². The fraction of sp³-hybridized carbons (Fsp3) is 0.556. The first-order valence-corrected chi connectivity index (χ1v) is 12.8. The number of halogens is 1. The molecule has 1 aliphatic rings. The van der Waals surface area contributed by atoms with Gasteiger partial charge >= 0.3 is 0 Å². The van der Waals surface area contributed by atoms with Crippen LogP contribution in [0.5, 0.6) is 0 Å². The van der Waals surface area contributed by atoms with Gasteiger partial charge in [-0.1, -0.05) is 11.6 Å². The number of carbonyl (C=O) groups is 1. The van der Waals surface area contributed by atoms with E-state index in [0.29, 0.717) is 34.1 Å². The van der Waals surface area contributed by atoms with Crippen LogP contribution in [0.3, 0.4) is 0 Å². The highest BCUT2D eigenvalue weighted by Gasteiger charge is 2.28. The summed E-state index contributed by atoms with van der Waals surface area (Å²) in [6, 6.07) is 6.35. The minimum absolute atomic E-state index is 0.0979. The molecule has 192 valence electrons. The van der Waals surface area contributed by atoms with E-state index < -0.39 is 0 Å². The zero-order valence-electron chi connectivity index (χ0n) is 22.2. The second kappa shape index (κ2) is 11.5. The highest BCUT2D eigenvalue weighted by molar-refractivity contribution is 6.31. The molecule has 1 heterocycles. The van der Waals surface area contributed by atoms with Crippen LogP contribution in [-0.4, -0.2) is 55.1 Å². The first kappa shape index (κ1) is 27.1. The van der Waals surface area contributed by atoms with Crippen molar-refractivity contribution >= 4 is 29.0 Å². The number of pyridine rings is 1. The Morgan fingerprint density at radius 1 is 1.11 bits per heavy atom. The van der Waals surface area contributed by atoms with E-state index in [1.54, 1.807) is 19.2 Å². The second-order valence-electron chi connectivity index (χ2n) is 9.78. The molecular weight excluding hydrogens is 462 g/mol. The Hall–Kier alpha value is -2.51. The number of rotatable bonds is 8. The van der Waals surface area contributed by atoms with E-state index in [4.69, 9.17) is 11.6 Å². The van der Waals surface area contributed by atoms with E-state index in [-0.39, 0.29) is 17.9 Å². The molecule has 1 aromatic heterocycles. The van der Waals surface area contributed by atoms with Crippen LogP contribution in [0, 0.1) is 13.8 Å². The molecule has 0 saturated heterocycles. The minimum atomic E-state index is -0.233. The molecule has 35 heavy (non-hydrogen) atoms. The summed E-state index contributed by atoms with van der Waals surface area (Å²) in [4.78, 5) is 30.6. The van der Waals surface area contributed by atoms with Gasteiger partial charge in [-0.15, -0.1) is 0 Å². The van der Waals surface area contributed by atoms with Crippen molar-refractivity contribution in [2.75, 3.05) is 37.9 Å². The van der Waals surface area contributed by atoms with Gasteiger partial charge in [0.1, 0.15) is 5.82 Å². The average Bonchev–Trinajstić information content (AvgIpc) is 2.82. The number of aryl methyl sites for hydroxylation is 1. The van der Waals surface area contributed by atoms with Crippen LogP contribution in [0.1, 0.15) is 59.8 Å². The fourth-order valence-electron chi connectivity index (χ4n) is 5.33. The summed E-state index contributed by atoms with van der Waals surface area (Å²) in [5.41, 5.74) is 3.75. The molecule has 1 saturated carbocycles. The molecule has 1 aromatic carbocycles. The zero-order valence-corrected chi connectivity index (χ0v) is 22.9. The molecule has 0 atom stereocenters. The number of nitrogens with one attached hydrogen (secondary N) is 2. The van der Waals surface area contributed by atoms with E-state index >= 15 is 0 Å². The number of hydrogen-bond acceptors (Lipinski definition) is 5. The summed E-state index contributed by atoms with van der Waals surface area (Å²) in [6.07, 6.45) is 4.57. The summed E-state index contributed by atoms with van der Waals surface area (Å²) in [7, 11) is 7.98. The maximum atomic E-state index is 13.3. The van der Waals surface area contributed by atoms with Crippen LogP contribution >= 0.6 is 11.6 Å². The first-order chi connectivity index (χ1) is 16.6. The minimum Gasteiger partial charge on any atom is -0.374 e. The van der Waals surface area contributed by atoms with Crippen LogP contribution in [0.4, 0.5) is 11.5 Å². The molecule has 0 radical (unpaired) electrons. The Balaban J connectivity index is 1.84. The number of amides is 1. The number of aromatic nitrogens is 1. The van der Waals surface area contributed by atoms with E-state index in [1.165, 1.54) is 12.8 Å². The maximum Gasteiger partial charge on any atom is 0.251 e. The van der Waals surface area contributed by atoms with Gasteiger partial charge in [0.05, 0.1) is 12.1 Å². The Morgan fingerprint density at radius 3 is 2.31 bits per heavy atom. The molecule has 0 bridgehead atoms. The van der Waals surface area contributed by atoms with Crippen molar-refractivity contribution in [3.8, 4) is 0 Å². The van der Waals surface area contributed by atoms with Crippen molar-refractivity contribution in [2.45, 2.75) is 65.1 Å². The lowest BCUT2D eigenvalue weighted by molar-refractivity contribution is 0.0950. The second-order valence-corrected chi connectivity index (χ2v) is 10.2. The molecular formula is C27H40ClN5O2. The molecule has 1 fully saturated rings. The lowest BCUT2D eigenvalue weighted by Crippen LogP contribution is -2.42. The fourth-order valence-corrected chi connectivity index (χ4v) is 5.55. The van der Waals surface area contributed by atoms with E-state index in [2.05, 4.69) is 41.5 Å². The lowest BCUT2D eigenvalue weighted by atomic mass is 9.89. The van der Waals surface area contributed by atoms with Crippen LogP contribution in [0.25, 0.3) is 0 Å². The molecule has 1 aliphatic carbocycles. The predicted molar refractivity (Wildman–Crippen MR) is 146 cm³/mol. The van der Waals surface area contributed by atoms with Crippen molar-refractivity contribution in [2.24, 2.45) is 7.05 Å². The monoisotopic (exact) mass is 501 g/mol. The Bertz CT molecular complexity index is 1120. The van der Waals surface area contributed by atoms with Crippen LogP contribution in [0.15, 0.2) is 23.0 Å². The summed E-state index contributed by atoms with van der Waals surface area (Å²) < 4.78 is 1.91.